The van der Waals surface area contributed by atoms with Crippen molar-refractivity contribution in [3.63, 3.8) is 0 Å². The molecule has 0 N–H and O–H groups in total. The van der Waals surface area contributed by atoms with Gasteiger partial charge >= 0.3 is 11.9 Å². The largest absolute Gasteiger partial charge is 0.463 e. The standard InChI is InChI=1S/C17H18ClN5O5S/c1-8-15(22-23-20)16(27-10(3)25)14(7-26-9(2)24)28-17(8)29-11-4-12(18)13(5-19)21-6-11/h4,6,8,14-17H,7H2,1-3H3/t8-,14?,15?,16-,17+/m0/s1. The van der Waals surface area contributed by atoms with Crippen LogP contribution in [0.15, 0.2) is 22.3 Å². The molecule has 0 radical (unpaired) electrons. The van der Waals surface area contributed by atoms with Crippen LogP contribution < -0.4 is 0 Å². The number of ether oxygens (including phenoxy) is 3. The smallest absolute Gasteiger partial charge is 0.303 e. The Hall–Kier alpha value is -2.51. The first kappa shape index (κ1) is 22.8. The summed E-state index contributed by atoms with van der Waals surface area (Å²) < 4.78 is 16.4. The normalized spacial score (nSPS) is 26.0. The van der Waals surface area contributed by atoms with Crippen molar-refractivity contribution in [3.05, 3.63) is 33.4 Å². The Morgan fingerprint density at radius 3 is 2.76 bits per heavy atom. The minimum atomic E-state index is -0.919. The van der Waals surface area contributed by atoms with Crippen molar-refractivity contribution >= 4 is 35.3 Å². The van der Waals surface area contributed by atoms with E-state index in [-0.39, 0.29) is 23.2 Å². The molecule has 2 unspecified atom stereocenters. The first-order chi connectivity index (χ1) is 13.8. The van der Waals surface area contributed by atoms with Crippen molar-refractivity contribution in [2.75, 3.05) is 6.61 Å². The molecule has 1 fully saturated rings. The van der Waals surface area contributed by atoms with Crippen LogP contribution in [0.3, 0.4) is 0 Å². The van der Waals surface area contributed by atoms with Crippen molar-refractivity contribution in [1.29, 1.82) is 5.26 Å². The number of hydrogen-bond acceptors (Lipinski definition) is 9. The van der Waals surface area contributed by atoms with Crippen molar-refractivity contribution in [3.8, 4) is 6.07 Å². The summed E-state index contributed by atoms with van der Waals surface area (Å²) in [4.78, 5) is 30.3. The number of pyridine rings is 1. The van der Waals surface area contributed by atoms with Crippen LogP contribution in [0.5, 0.6) is 0 Å². The SMILES string of the molecule is CC(=O)OCC1O[C@H](Sc2cnc(C#N)c(Cl)c2)[C@@H](C)C(N=[N+]=[N-])[C@H]1OC(C)=O. The van der Waals surface area contributed by atoms with Crippen LogP contribution in [0.4, 0.5) is 0 Å². The second-order valence-electron chi connectivity index (χ2n) is 6.21. The fourth-order valence-electron chi connectivity index (χ4n) is 2.79. The minimum absolute atomic E-state index is 0.100. The van der Waals surface area contributed by atoms with E-state index < -0.39 is 35.6 Å². The monoisotopic (exact) mass is 439 g/mol. The number of rotatable bonds is 6. The number of halogens is 1. The van der Waals surface area contributed by atoms with Gasteiger partial charge in [-0.15, -0.1) is 0 Å². The van der Waals surface area contributed by atoms with Gasteiger partial charge < -0.3 is 14.2 Å². The van der Waals surface area contributed by atoms with E-state index in [4.69, 9.17) is 36.6 Å². The summed E-state index contributed by atoms with van der Waals surface area (Å²) in [6.45, 7) is 4.08. The van der Waals surface area contributed by atoms with Gasteiger partial charge in [-0.3, -0.25) is 9.59 Å². The molecule has 2 rings (SSSR count). The van der Waals surface area contributed by atoms with Crippen molar-refractivity contribution in [1.82, 2.24) is 4.98 Å². The summed E-state index contributed by atoms with van der Waals surface area (Å²) in [5.74, 6) is -1.48. The third-order valence-corrected chi connectivity index (χ3v) is 5.65. The molecule has 1 aliphatic rings. The van der Waals surface area contributed by atoms with Crippen LogP contribution in [0, 0.1) is 17.2 Å². The van der Waals surface area contributed by atoms with Crippen LogP contribution >= 0.6 is 23.4 Å². The molecule has 0 aliphatic carbocycles. The van der Waals surface area contributed by atoms with Gasteiger partial charge in [-0.1, -0.05) is 35.4 Å². The predicted octanol–water partition coefficient (Wildman–Crippen LogP) is 3.23. The molecule has 2 heterocycles. The van der Waals surface area contributed by atoms with Crippen molar-refractivity contribution in [2.45, 2.75) is 49.4 Å². The molecule has 12 heteroatoms. The lowest BCUT2D eigenvalue weighted by Gasteiger charge is -2.43. The number of azide groups is 1. The molecule has 1 aromatic heterocycles. The summed E-state index contributed by atoms with van der Waals surface area (Å²) >= 11 is 7.29. The highest BCUT2D eigenvalue weighted by Crippen LogP contribution is 2.39. The van der Waals surface area contributed by atoms with Crippen LogP contribution in [-0.2, 0) is 23.8 Å². The molecule has 1 aliphatic heterocycles. The topological polar surface area (TPSA) is 147 Å². The van der Waals surface area contributed by atoms with Crippen LogP contribution in [-0.4, -0.2) is 47.2 Å². The second kappa shape index (κ2) is 10.3. The Bertz CT molecular complexity index is 872. The number of hydrogen-bond donors (Lipinski definition) is 0. The maximum atomic E-state index is 11.5. The molecule has 0 saturated carbocycles. The van der Waals surface area contributed by atoms with Gasteiger partial charge in [0.05, 0.1) is 11.1 Å². The molecule has 154 valence electrons. The average Bonchev–Trinajstić information content (AvgIpc) is 2.65. The summed E-state index contributed by atoms with van der Waals surface area (Å²) in [5.41, 5.74) is 8.54. The first-order valence-electron chi connectivity index (χ1n) is 8.49. The van der Waals surface area contributed by atoms with E-state index in [2.05, 4.69) is 15.0 Å². The maximum absolute atomic E-state index is 11.5. The minimum Gasteiger partial charge on any atom is -0.463 e. The van der Waals surface area contributed by atoms with Gasteiger partial charge in [0.1, 0.15) is 30.3 Å². The van der Waals surface area contributed by atoms with Crippen molar-refractivity contribution < 1.29 is 23.8 Å². The zero-order chi connectivity index (χ0) is 21.6. The summed E-state index contributed by atoms with van der Waals surface area (Å²) in [6, 6.07) is 2.71. The summed E-state index contributed by atoms with van der Waals surface area (Å²) in [7, 11) is 0. The van der Waals surface area contributed by atoms with Crippen LogP contribution in [0.1, 0.15) is 26.5 Å². The molecule has 0 spiro atoms. The van der Waals surface area contributed by atoms with Crippen molar-refractivity contribution in [2.24, 2.45) is 11.0 Å². The molecule has 10 nitrogen and oxygen atoms in total. The van der Waals surface area contributed by atoms with Gasteiger partial charge in [-0.25, -0.2) is 4.98 Å². The Kier molecular flexibility index (Phi) is 8.10. The Labute approximate surface area is 176 Å². The third-order valence-electron chi connectivity index (χ3n) is 4.09. The zero-order valence-electron chi connectivity index (χ0n) is 15.8. The second-order valence-corrected chi connectivity index (χ2v) is 7.78. The number of esters is 2. The molecule has 0 aromatic carbocycles. The van der Waals surface area contributed by atoms with Crippen LogP contribution in [0.2, 0.25) is 5.02 Å². The van der Waals surface area contributed by atoms with E-state index in [9.17, 15) is 9.59 Å². The maximum Gasteiger partial charge on any atom is 0.303 e. The van der Waals surface area contributed by atoms with Gasteiger partial charge in [0.2, 0.25) is 0 Å². The Morgan fingerprint density at radius 1 is 1.48 bits per heavy atom. The first-order valence-corrected chi connectivity index (χ1v) is 9.75. The molecule has 0 amide bonds. The van der Waals surface area contributed by atoms with E-state index in [0.29, 0.717) is 4.90 Å². The van der Waals surface area contributed by atoms with Gasteiger partial charge in [0.15, 0.2) is 5.69 Å². The quantitative estimate of drug-likeness (QED) is 0.284. The Balaban J connectivity index is 2.31. The molecular weight excluding hydrogens is 422 g/mol. The lowest BCUT2D eigenvalue weighted by atomic mass is 9.91. The summed E-state index contributed by atoms with van der Waals surface area (Å²) in [6.07, 6.45) is -0.279. The number of thioether (sulfide) groups is 1. The molecule has 29 heavy (non-hydrogen) atoms. The van der Waals surface area contributed by atoms with E-state index >= 15 is 0 Å². The highest BCUT2D eigenvalue weighted by Gasteiger charge is 2.46. The molecule has 5 atom stereocenters. The number of nitrogens with zero attached hydrogens (tertiary/aromatic N) is 5. The van der Waals surface area contributed by atoms with E-state index in [1.54, 1.807) is 13.0 Å². The fraction of sp³-hybridized carbons (Fsp3) is 0.529. The van der Waals surface area contributed by atoms with Gasteiger partial charge in [0, 0.05) is 35.8 Å². The third kappa shape index (κ3) is 5.98. The lowest BCUT2D eigenvalue weighted by molar-refractivity contribution is -0.182. The zero-order valence-corrected chi connectivity index (χ0v) is 17.4. The molecule has 1 aromatic rings. The highest BCUT2D eigenvalue weighted by atomic mass is 35.5. The highest BCUT2D eigenvalue weighted by molar-refractivity contribution is 7.99. The van der Waals surface area contributed by atoms with E-state index in [1.165, 1.54) is 31.8 Å². The van der Waals surface area contributed by atoms with Gasteiger partial charge in [-0.05, 0) is 11.6 Å². The molecular formula is C17H18ClN5O5S. The number of carbonyl (C=O) groups is 2. The number of nitriles is 1. The number of aromatic nitrogens is 1. The van der Waals surface area contributed by atoms with E-state index in [0.717, 1.165) is 0 Å². The number of carbonyl (C=O) groups excluding carboxylic acids is 2. The summed E-state index contributed by atoms with van der Waals surface area (Å²) in [5, 5.41) is 12.9. The van der Waals surface area contributed by atoms with Gasteiger partial charge in [0.25, 0.3) is 0 Å². The molecule has 1 saturated heterocycles. The fourth-order valence-corrected chi connectivity index (χ4v) is 4.21. The van der Waals surface area contributed by atoms with Crippen LogP contribution in [0.25, 0.3) is 10.4 Å². The van der Waals surface area contributed by atoms with Gasteiger partial charge in [-0.2, -0.15) is 5.26 Å². The lowest BCUT2D eigenvalue weighted by Crippen LogP contribution is -2.55. The molecule has 0 bridgehead atoms. The van der Waals surface area contributed by atoms with E-state index in [1.807, 2.05) is 6.07 Å². The average molecular weight is 440 g/mol. The Morgan fingerprint density at radius 2 is 2.21 bits per heavy atom. The predicted molar refractivity (Wildman–Crippen MR) is 103 cm³/mol.